The molecule has 2 N–H and O–H groups in total. The van der Waals surface area contributed by atoms with Gasteiger partial charge in [-0.25, -0.2) is 4.39 Å². The second kappa shape index (κ2) is 6.32. The van der Waals surface area contributed by atoms with E-state index in [9.17, 15) is 4.39 Å². The SMILES string of the molecule is CC(CN)CN1CCN(CCF)CC1. The molecular formula is C10H22FN3. The van der Waals surface area contributed by atoms with E-state index in [-0.39, 0.29) is 6.67 Å². The molecule has 14 heavy (non-hydrogen) atoms. The maximum atomic E-state index is 12.1. The van der Waals surface area contributed by atoms with Gasteiger partial charge in [-0.05, 0) is 12.5 Å². The van der Waals surface area contributed by atoms with Crippen LogP contribution in [-0.2, 0) is 0 Å². The minimum Gasteiger partial charge on any atom is -0.330 e. The standard InChI is InChI=1S/C10H22FN3/c1-10(8-12)9-14-6-4-13(3-2-11)5-7-14/h10H,2-9,12H2,1H3. The Bertz CT molecular complexity index is 146. The lowest BCUT2D eigenvalue weighted by atomic mass is 10.1. The number of piperazine rings is 1. The van der Waals surface area contributed by atoms with E-state index in [4.69, 9.17) is 5.73 Å². The largest absolute Gasteiger partial charge is 0.330 e. The first-order valence-corrected chi connectivity index (χ1v) is 5.47. The topological polar surface area (TPSA) is 32.5 Å². The summed E-state index contributed by atoms with van der Waals surface area (Å²) in [7, 11) is 0. The second-order valence-electron chi connectivity index (χ2n) is 4.17. The molecule has 84 valence electrons. The van der Waals surface area contributed by atoms with Crippen LogP contribution in [0.5, 0.6) is 0 Å². The summed E-state index contributed by atoms with van der Waals surface area (Å²) in [5, 5.41) is 0. The second-order valence-corrected chi connectivity index (χ2v) is 4.17. The lowest BCUT2D eigenvalue weighted by molar-refractivity contribution is 0.116. The van der Waals surface area contributed by atoms with Crippen molar-refractivity contribution in [3.05, 3.63) is 0 Å². The Labute approximate surface area is 86.0 Å². The molecule has 0 radical (unpaired) electrons. The minimum absolute atomic E-state index is 0.223. The Hall–Kier alpha value is -0.190. The Morgan fingerprint density at radius 1 is 1.21 bits per heavy atom. The van der Waals surface area contributed by atoms with E-state index in [1.165, 1.54) is 0 Å². The summed E-state index contributed by atoms with van der Waals surface area (Å²) in [4.78, 5) is 4.61. The van der Waals surface area contributed by atoms with Gasteiger partial charge >= 0.3 is 0 Å². The van der Waals surface area contributed by atoms with Crippen LogP contribution in [0, 0.1) is 5.92 Å². The van der Waals surface area contributed by atoms with E-state index in [0.717, 1.165) is 39.3 Å². The maximum absolute atomic E-state index is 12.1. The Kier molecular flexibility index (Phi) is 5.37. The van der Waals surface area contributed by atoms with Crippen molar-refractivity contribution in [2.24, 2.45) is 11.7 Å². The molecule has 1 aliphatic rings. The number of rotatable bonds is 5. The first-order chi connectivity index (χ1) is 6.76. The summed E-state index contributed by atoms with van der Waals surface area (Å²) in [6.45, 7) is 8.51. The average molecular weight is 203 g/mol. The van der Waals surface area contributed by atoms with Crippen molar-refractivity contribution >= 4 is 0 Å². The summed E-state index contributed by atoms with van der Waals surface area (Å²) >= 11 is 0. The van der Waals surface area contributed by atoms with E-state index < -0.39 is 0 Å². The quantitative estimate of drug-likeness (QED) is 0.691. The van der Waals surface area contributed by atoms with E-state index in [1.807, 2.05) is 0 Å². The van der Waals surface area contributed by atoms with Crippen LogP contribution in [0.1, 0.15) is 6.92 Å². The van der Waals surface area contributed by atoms with Gasteiger partial charge < -0.3 is 10.6 Å². The molecule has 0 aromatic rings. The van der Waals surface area contributed by atoms with Gasteiger partial charge in [0.1, 0.15) is 6.67 Å². The first kappa shape index (κ1) is 11.9. The molecule has 1 aliphatic heterocycles. The number of nitrogens with two attached hydrogens (primary N) is 1. The molecule has 0 aromatic heterocycles. The monoisotopic (exact) mass is 203 g/mol. The van der Waals surface area contributed by atoms with Crippen molar-refractivity contribution in [1.82, 2.24) is 9.80 Å². The molecule has 4 heteroatoms. The molecule has 0 bridgehead atoms. The molecule has 1 rings (SSSR count). The Balaban J connectivity index is 2.15. The van der Waals surface area contributed by atoms with Gasteiger partial charge in [0.15, 0.2) is 0 Å². The van der Waals surface area contributed by atoms with Crippen LogP contribution >= 0.6 is 0 Å². The van der Waals surface area contributed by atoms with E-state index >= 15 is 0 Å². The predicted molar refractivity (Wildman–Crippen MR) is 57.1 cm³/mol. The fraction of sp³-hybridized carbons (Fsp3) is 1.00. The summed E-state index contributed by atoms with van der Waals surface area (Å²) < 4.78 is 12.1. The van der Waals surface area contributed by atoms with Crippen LogP contribution in [0.4, 0.5) is 4.39 Å². The molecular weight excluding hydrogens is 181 g/mol. The molecule has 1 saturated heterocycles. The van der Waals surface area contributed by atoms with Crippen molar-refractivity contribution in [2.45, 2.75) is 6.92 Å². The fourth-order valence-electron chi connectivity index (χ4n) is 1.83. The highest BCUT2D eigenvalue weighted by atomic mass is 19.1. The van der Waals surface area contributed by atoms with Crippen LogP contribution in [0.2, 0.25) is 0 Å². The fourth-order valence-corrected chi connectivity index (χ4v) is 1.83. The highest BCUT2D eigenvalue weighted by Gasteiger charge is 2.17. The van der Waals surface area contributed by atoms with Gasteiger partial charge in [-0.15, -0.1) is 0 Å². The van der Waals surface area contributed by atoms with Gasteiger partial charge in [0, 0.05) is 39.3 Å². The molecule has 0 aliphatic carbocycles. The van der Waals surface area contributed by atoms with Gasteiger partial charge in [0.25, 0.3) is 0 Å². The molecule has 1 unspecified atom stereocenters. The minimum atomic E-state index is -0.223. The molecule has 1 fully saturated rings. The van der Waals surface area contributed by atoms with Crippen molar-refractivity contribution in [1.29, 1.82) is 0 Å². The van der Waals surface area contributed by atoms with Crippen LogP contribution in [0.15, 0.2) is 0 Å². The van der Waals surface area contributed by atoms with Gasteiger partial charge in [-0.3, -0.25) is 4.90 Å². The molecule has 0 saturated carbocycles. The van der Waals surface area contributed by atoms with Crippen molar-refractivity contribution in [3.63, 3.8) is 0 Å². The zero-order chi connectivity index (χ0) is 10.4. The van der Waals surface area contributed by atoms with Crippen molar-refractivity contribution in [3.8, 4) is 0 Å². The van der Waals surface area contributed by atoms with Gasteiger partial charge in [-0.2, -0.15) is 0 Å². The lowest BCUT2D eigenvalue weighted by Gasteiger charge is -2.35. The van der Waals surface area contributed by atoms with Crippen LogP contribution < -0.4 is 5.73 Å². The highest BCUT2D eigenvalue weighted by molar-refractivity contribution is 4.73. The number of hydrogen-bond acceptors (Lipinski definition) is 3. The summed E-state index contributed by atoms with van der Waals surface area (Å²) in [6.07, 6.45) is 0. The third-order valence-corrected chi connectivity index (χ3v) is 2.84. The van der Waals surface area contributed by atoms with Gasteiger partial charge in [0.2, 0.25) is 0 Å². The molecule has 0 amide bonds. The summed E-state index contributed by atoms with van der Waals surface area (Å²) in [6, 6.07) is 0. The first-order valence-electron chi connectivity index (χ1n) is 5.47. The van der Waals surface area contributed by atoms with Gasteiger partial charge in [0.05, 0.1) is 0 Å². The molecule has 1 atom stereocenters. The summed E-state index contributed by atoms with van der Waals surface area (Å²) in [5.74, 6) is 0.572. The zero-order valence-electron chi connectivity index (χ0n) is 9.08. The smallest absolute Gasteiger partial charge is 0.102 e. The number of hydrogen-bond donors (Lipinski definition) is 1. The third kappa shape index (κ3) is 3.90. The molecule has 1 heterocycles. The van der Waals surface area contributed by atoms with E-state index in [2.05, 4.69) is 16.7 Å². The van der Waals surface area contributed by atoms with Crippen LogP contribution in [0.25, 0.3) is 0 Å². The highest BCUT2D eigenvalue weighted by Crippen LogP contribution is 2.04. The van der Waals surface area contributed by atoms with E-state index in [1.54, 1.807) is 0 Å². The van der Waals surface area contributed by atoms with Gasteiger partial charge in [-0.1, -0.05) is 6.92 Å². The number of nitrogens with zero attached hydrogens (tertiary/aromatic N) is 2. The number of alkyl halides is 1. The van der Waals surface area contributed by atoms with Crippen LogP contribution in [0.3, 0.4) is 0 Å². The van der Waals surface area contributed by atoms with Crippen molar-refractivity contribution in [2.75, 3.05) is 52.5 Å². The third-order valence-electron chi connectivity index (χ3n) is 2.84. The Morgan fingerprint density at radius 2 is 1.79 bits per heavy atom. The molecule has 0 aromatic carbocycles. The van der Waals surface area contributed by atoms with Crippen molar-refractivity contribution < 1.29 is 4.39 Å². The maximum Gasteiger partial charge on any atom is 0.102 e. The normalized spacial score (nSPS) is 22.5. The zero-order valence-corrected chi connectivity index (χ0v) is 9.08. The Morgan fingerprint density at radius 3 is 2.29 bits per heavy atom. The number of halogens is 1. The van der Waals surface area contributed by atoms with E-state index in [0.29, 0.717) is 12.5 Å². The van der Waals surface area contributed by atoms with Crippen LogP contribution in [-0.4, -0.2) is 62.3 Å². The molecule has 0 spiro atoms. The molecule has 3 nitrogen and oxygen atoms in total. The lowest BCUT2D eigenvalue weighted by Crippen LogP contribution is -2.48. The average Bonchev–Trinajstić information content (AvgIpc) is 2.21. The predicted octanol–water partition coefficient (Wildman–Crippen LogP) is 0.168. The summed E-state index contributed by atoms with van der Waals surface area (Å²) in [5.41, 5.74) is 5.58.